The molecule has 2 N–H and O–H groups in total. The molecule has 0 spiro atoms. The zero-order valence-electron chi connectivity index (χ0n) is 10.7. The van der Waals surface area contributed by atoms with Crippen molar-refractivity contribution in [3.63, 3.8) is 0 Å². The Kier molecular flexibility index (Phi) is 5.48. The Hall–Kier alpha value is -0.960. The van der Waals surface area contributed by atoms with Gasteiger partial charge >= 0.3 is 5.97 Å². The van der Waals surface area contributed by atoms with Crippen LogP contribution in [0.5, 0.6) is 0 Å². The minimum atomic E-state index is -3.68. The van der Waals surface area contributed by atoms with E-state index in [1.54, 1.807) is 13.8 Å². The lowest BCUT2D eigenvalue weighted by atomic mass is 10.3. The number of aliphatic carboxylic acids is 1. The number of aliphatic hydroxyl groups excluding tert-OH is 1. The van der Waals surface area contributed by atoms with E-state index in [2.05, 4.69) is 0 Å². The Bertz CT molecular complexity index is 535. The monoisotopic (exact) mass is 307 g/mol. The van der Waals surface area contributed by atoms with Gasteiger partial charge in [-0.25, -0.2) is 8.42 Å². The minimum absolute atomic E-state index is 0.0200. The Morgan fingerprint density at radius 2 is 2.05 bits per heavy atom. The van der Waals surface area contributed by atoms with Gasteiger partial charge in [-0.2, -0.15) is 4.31 Å². The van der Waals surface area contributed by atoms with Crippen molar-refractivity contribution in [1.82, 2.24) is 4.31 Å². The fourth-order valence-electron chi connectivity index (χ4n) is 1.61. The third-order valence-corrected chi connectivity index (χ3v) is 6.05. The molecule has 19 heavy (non-hydrogen) atoms. The summed E-state index contributed by atoms with van der Waals surface area (Å²) in [6, 6.07) is 2.64. The lowest BCUT2D eigenvalue weighted by Crippen LogP contribution is -2.38. The smallest absolute Gasteiger partial charge is 0.308 e. The number of aliphatic hydroxyl groups is 1. The summed E-state index contributed by atoms with van der Waals surface area (Å²) in [6.07, 6.45) is -0.193. The predicted octanol–water partition coefficient (Wildman–Crippen LogP) is 0.767. The van der Waals surface area contributed by atoms with Crippen molar-refractivity contribution in [3.8, 4) is 0 Å². The van der Waals surface area contributed by atoms with Gasteiger partial charge in [-0.1, -0.05) is 0 Å². The fraction of sp³-hybridized carbons (Fsp3) is 0.545. The van der Waals surface area contributed by atoms with E-state index in [4.69, 9.17) is 10.2 Å². The molecule has 0 radical (unpaired) electrons. The van der Waals surface area contributed by atoms with Crippen LogP contribution in [0.1, 0.15) is 18.7 Å². The van der Waals surface area contributed by atoms with Gasteiger partial charge in [0.1, 0.15) is 4.21 Å². The molecule has 0 fully saturated rings. The van der Waals surface area contributed by atoms with Gasteiger partial charge in [0.25, 0.3) is 10.0 Å². The molecule has 0 aliphatic carbocycles. The molecule has 0 bridgehead atoms. The van der Waals surface area contributed by atoms with Crippen LogP contribution in [0.3, 0.4) is 0 Å². The lowest BCUT2D eigenvalue weighted by Gasteiger charge is -2.24. The van der Waals surface area contributed by atoms with Crippen molar-refractivity contribution in [2.24, 2.45) is 0 Å². The summed E-state index contributed by atoms with van der Waals surface area (Å²) in [6.45, 7) is 3.20. The van der Waals surface area contributed by atoms with E-state index in [1.807, 2.05) is 0 Å². The second-order valence-corrected chi connectivity index (χ2v) is 7.51. The van der Waals surface area contributed by atoms with E-state index in [1.165, 1.54) is 16.4 Å². The van der Waals surface area contributed by atoms with Crippen LogP contribution in [0, 0.1) is 0 Å². The van der Waals surface area contributed by atoms with Gasteiger partial charge in [0.05, 0.1) is 13.0 Å². The highest BCUT2D eigenvalue weighted by Crippen LogP contribution is 2.26. The molecule has 0 aliphatic rings. The highest BCUT2D eigenvalue weighted by molar-refractivity contribution is 7.91. The molecule has 1 aromatic heterocycles. The highest BCUT2D eigenvalue weighted by Gasteiger charge is 2.28. The van der Waals surface area contributed by atoms with Crippen LogP contribution in [0.2, 0.25) is 0 Å². The first-order valence-electron chi connectivity index (χ1n) is 5.72. The average molecular weight is 307 g/mol. The van der Waals surface area contributed by atoms with Crippen LogP contribution in [-0.2, 0) is 21.2 Å². The average Bonchev–Trinajstić information content (AvgIpc) is 2.73. The van der Waals surface area contributed by atoms with E-state index in [0.717, 1.165) is 11.3 Å². The van der Waals surface area contributed by atoms with Gasteiger partial charge < -0.3 is 10.2 Å². The number of nitrogens with zero attached hydrogens (tertiary/aromatic N) is 1. The number of carbonyl (C=O) groups is 1. The maximum atomic E-state index is 12.3. The molecule has 1 aromatic rings. The van der Waals surface area contributed by atoms with E-state index < -0.39 is 16.0 Å². The zero-order chi connectivity index (χ0) is 14.6. The number of sulfonamides is 1. The number of carboxylic acids is 1. The number of thiophene rings is 1. The minimum Gasteiger partial charge on any atom is -0.481 e. The largest absolute Gasteiger partial charge is 0.481 e. The molecule has 0 aromatic carbocycles. The van der Waals surface area contributed by atoms with Crippen LogP contribution in [0.25, 0.3) is 0 Å². The second kappa shape index (κ2) is 6.47. The van der Waals surface area contributed by atoms with Crippen molar-refractivity contribution in [1.29, 1.82) is 0 Å². The molecule has 1 rings (SSSR count). The van der Waals surface area contributed by atoms with E-state index in [9.17, 15) is 13.2 Å². The Balaban J connectivity index is 3.04. The highest BCUT2D eigenvalue weighted by atomic mass is 32.2. The molecular weight excluding hydrogens is 290 g/mol. The fourth-order valence-corrected chi connectivity index (χ4v) is 4.71. The van der Waals surface area contributed by atoms with Crippen molar-refractivity contribution in [3.05, 3.63) is 17.0 Å². The van der Waals surface area contributed by atoms with Gasteiger partial charge in [0.15, 0.2) is 0 Å². The molecule has 0 saturated carbocycles. The normalized spacial score (nSPS) is 12.3. The van der Waals surface area contributed by atoms with Gasteiger partial charge in [-0.3, -0.25) is 4.79 Å². The van der Waals surface area contributed by atoms with Gasteiger partial charge in [0.2, 0.25) is 0 Å². The SMILES string of the molecule is CC(C)N(CCO)S(=O)(=O)c1ccc(CC(=O)O)s1. The first kappa shape index (κ1) is 16.1. The van der Waals surface area contributed by atoms with Crippen LogP contribution >= 0.6 is 11.3 Å². The topological polar surface area (TPSA) is 94.9 Å². The number of carboxylic acid groups (broad SMARTS) is 1. The molecule has 0 unspecified atom stereocenters. The van der Waals surface area contributed by atoms with Crippen molar-refractivity contribution in [2.75, 3.05) is 13.2 Å². The summed E-state index contributed by atoms with van der Waals surface area (Å²) in [5.74, 6) is -0.998. The van der Waals surface area contributed by atoms with Gasteiger partial charge in [-0.05, 0) is 26.0 Å². The first-order valence-corrected chi connectivity index (χ1v) is 7.98. The molecule has 8 heteroatoms. The van der Waals surface area contributed by atoms with Crippen LogP contribution in [0.4, 0.5) is 0 Å². The molecule has 1 heterocycles. The Morgan fingerprint density at radius 3 is 2.53 bits per heavy atom. The third kappa shape index (κ3) is 4.00. The van der Waals surface area contributed by atoms with Crippen LogP contribution in [0.15, 0.2) is 16.3 Å². The first-order chi connectivity index (χ1) is 8.78. The van der Waals surface area contributed by atoms with E-state index in [0.29, 0.717) is 4.88 Å². The third-order valence-electron chi connectivity index (χ3n) is 2.42. The maximum Gasteiger partial charge on any atom is 0.308 e. The molecule has 0 atom stereocenters. The summed E-state index contributed by atoms with van der Waals surface area (Å²) in [5, 5.41) is 17.6. The summed E-state index contributed by atoms with van der Waals surface area (Å²) in [7, 11) is -3.68. The Labute approximate surface area is 116 Å². The number of rotatable bonds is 7. The molecular formula is C11H17NO5S2. The zero-order valence-corrected chi connectivity index (χ0v) is 12.4. The lowest BCUT2D eigenvalue weighted by molar-refractivity contribution is -0.136. The summed E-state index contributed by atoms with van der Waals surface area (Å²) >= 11 is 0.948. The van der Waals surface area contributed by atoms with Crippen molar-refractivity contribution >= 4 is 27.3 Å². The molecule has 0 saturated heterocycles. The number of hydrogen-bond donors (Lipinski definition) is 2. The molecule has 0 amide bonds. The van der Waals surface area contributed by atoms with E-state index in [-0.39, 0.29) is 29.8 Å². The standard InChI is InChI=1S/C11H17NO5S2/c1-8(2)12(5-6-13)19(16,17)11-4-3-9(18-11)7-10(14)15/h3-4,8,13H,5-7H2,1-2H3,(H,14,15). The van der Waals surface area contributed by atoms with Gasteiger partial charge in [-0.15, -0.1) is 11.3 Å². The van der Waals surface area contributed by atoms with Crippen LogP contribution < -0.4 is 0 Å². The Morgan fingerprint density at radius 1 is 1.42 bits per heavy atom. The molecule has 6 nitrogen and oxygen atoms in total. The van der Waals surface area contributed by atoms with Gasteiger partial charge in [0, 0.05) is 17.5 Å². The maximum absolute atomic E-state index is 12.3. The van der Waals surface area contributed by atoms with E-state index >= 15 is 0 Å². The van der Waals surface area contributed by atoms with Crippen molar-refractivity contribution < 1.29 is 23.4 Å². The second-order valence-electron chi connectivity index (χ2n) is 4.22. The summed E-state index contributed by atoms with van der Waals surface area (Å²) in [5.41, 5.74) is 0. The number of hydrogen-bond acceptors (Lipinski definition) is 5. The summed E-state index contributed by atoms with van der Waals surface area (Å²) in [4.78, 5) is 11.1. The summed E-state index contributed by atoms with van der Waals surface area (Å²) < 4.78 is 26.0. The quantitative estimate of drug-likeness (QED) is 0.775. The van der Waals surface area contributed by atoms with Crippen molar-refractivity contribution in [2.45, 2.75) is 30.5 Å². The molecule has 108 valence electrons. The van der Waals surface area contributed by atoms with Crippen LogP contribution in [-0.4, -0.2) is 48.1 Å². The predicted molar refractivity (Wildman–Crippen MR) is 71.8 cm³/mol. The molecule has 0 aliphatic heterocycles.